The topological polar surface area (TPSA) is 65.2 Å². The highest BCUT2D eigenvalue weighted by Crippen LogP contribution is 2.36. The normalized spacial score (nSPS) is 10.5. The van der Waals surface area contributed by atoms with Crippen LogP contribution in [0.4, 0.5) is 5.69 Å². The van der Waals surface area contributed by atoms with Crippen LogP contribution >= 0.6 is 22.7 Å². The zero-order valence-corrected chi connectivity index (χ0v) is 11.2. The van der Waals surface area contributed by atoms with Crippen molar-refractivity contribution in [2.24, 2.45) is 0 Å². The highest BCUT2D eigenvalue weighted by atomic mass is 32.1. The molecule has 0 aliphatic carbocycles. The molecule has 2 N–H and O–H groups in total. The molecule has 4 nitrogen and oxygen atoms in total. The Morgan fingerprint density at radius 3 is 2.82 bits per heavy atom. The Morgan fingerprint density at radius 2 is 2.24 bits per heavy atom. The minimum Gasteiger partial charge on any atom is -0.462 e. The molecule has 0 radical (unpaired) electrons. The molecule has 0 saturated heterocycles. The molecular formula is C11H12N2O2S2. The number of carbonyl (C=O) groups excluding carboxylic acids is 1. The largest absolute Gasteiger partial charge is 0.462 e. The highest BCUT2D eigenvalue weighted by Gasteiger charge is 2.17. The van der Waals surface area contributed by atoms with E-state index in [2.05, 4.69) is 4.98 Å². The maximum Gasteiger partial charge on any atom is 0.350 e. The van der Waals surface area contributed by atoms with Crippen LogP contribution in [0.25, 0.3) is 9.75 Å². The fourth-order valence-electron chi connectivity index (χ4n) is 1.36. The smallest absolute Gasteiger partial charge is 0.350 e. The lowest BCUT2D eigenvalue weighted by Gasteiger charge is -1.98. The number of aryl methyl sites for hydroxylation is 1. The first kappa shape index (κ1) is 12.1. The third-order valence-electron chi connectivity index (χ3n) is 2.09. The first-order chi connectivity index (χ1) is 8.11. The second kappa shape index (κ2) is 4.85. The summed E-state index contributed by atoms with van der Waals surface area (Å²) in [5.41, 5.74) is 6.28. The number of hydrogen-bond acceptors (Lipinski definition) is 6. The fraction of sp³-hybridized carbons (Fsp3) is 0.273. The van der Waals surface area contributed by atoms with Crippen molar-refractivity contribution >= 4 is 34.3 Å². The van der Waals surface area contributed by atoms with Gasteiger partial charge >= 0.3 is 5.97 Å². The molecule has 0 aliphatic heterocycles. The van der Waals surface area contributed by atoms with E-state index in [0.29, 0.717) is 17.2 Å². The summed E-state index contributed by atoms with van der Waals surface area (Å²) in [6.07, 6.45) is 1.79. The summed E-state index contributed by atoms with van der Waals surface area (Å²) < 4.78 is 4.94. The number of thiazole rings is 1. The molecule has 0 bridgehead atoms. The van der Waals surface area contributed by atoms with Crippen LogP contribution in [0.2, 0.25) is 0 Å². The second-order valence-corrected chi connectivity index (χ2v) is 5.65. The number of ether oxygens (including phenoxy) is 1. The molecule has 2 aromatic heterocycles. The lowest BCUT2D eigenvalue weighted by Crippen LogP contribution is -2.04. The van der Waals surface area contributed by atoms with Gasteiger partial charge in [-0.3, -0.25) is 0 Å². The standard InChI is InChI=1S/C11H12N2O2S2/c1-3-15-11(14)10-7(12)4-8(17-10)9-5-13-6(2)16-9/h4-5H,3,12H2,1-2H3. The van der Waals surface area contributed by atoms with Crippen molar-refractivity contribution in [3.63, 3.8) is 0 Å². The Balaban J connectivity index is 2.33. The van der Waals surface area contributed by atoms with E-state index in [1.54, 1.807) is 30.5 Å². The van der Waals surface area contributed by atoms with Gasteiger partial charge < -0.3 is 10.5 Å². The van der Waals surface area contributed by atoms with E-state index in [1.807, 2.05) is 6.92 Å². The van der Waals surface area contributed by atoms with Gasteiger partial charge in [0.15, 0.2) is 0 Å². The van der Waals surface area contributed by atoms with E-state index in [-0.39, 0.29) is 5.97 Å². The zero-order chi connectivity index (χ0) is 12.4. The summed E-state index contributed by atoms with van der Waals surface area (Å²) in [5, 5.41) is 0.990. The Labute approximate surface area is 107 Å². The Kier molecular flexibility index (Phi) is 3.44. The van der Waals surface area contributed by atoms with Gasteiger partial charge in [-0.15, -0.1) is 22.7 Å². The second-order valence-electron chi connectivity index (χ2n) is 3.36. The van der Waals surface area contributed by atoms with E-state index < -0.39 is 0 Å². The molecule has 90 valence electrons. The van der Waals surface area contributed by atoms with Gasteiger partial charge in [0, 0.05) is 11.1 Å². The van der Waals surface area contributed by atoms with E-state index >= 15 is 0 Å². The molecule has 0 aliphatic rings. The Bertz CT molecular complexity index is 545. The predicted octanol–water partition coefficient (Wildman–Crippen LogP) is 2.94. The summed E-state index contributed by atoms with van der Waals surface area (Å²) >= 11 is 2.92. The maximum absolute atomic E-state index is 11.6. The molecule has 6 heteroatoms. The van der Waals surface area contributed by atoms with Gasteiger partial charge in [-0.1, -0.05) is 0 Å². The highest BCUT2D eigenvalue weighted by molar-refractivity contribution is 7.23. The molecule has 0 atom stereocenters. The fourth-order valence-corrected chi connectivity index (χ4v) is 3.17. The maximum atomic E-state index is 11.6. The molecule has 0 unspecified atom stereocenters. The molecular weight excluding hydrogens is 256 g/mol. The number of hydrogen-bond donors (Lipinski definition) is 1. The predicted molar refractivity (Wildman–Crippen MR) is 70.5 cm³/mol. The molecule has 0 aromatic carbocycles. The summed E-state index contributed by atoms with van der Waals surface area (Å²) in [5.74, 6) is -0.359. The number of esters is 1. The summed E-state index contributed by atoms with van der Waals surface area (Å²) in [4.78, 5) is 18.2. The van der Waals surface area contributed by atoms with Gasteiger partial charge in [0.1, 0.15) is 4.88 Å². The minimum atomic E-state index is -0.359. The van der Waals surface area contributed by atoms with Crippen LogP contribution < -0.4 is 5.73 Å². The third-order valence-corrected chi connectivity index (χ3v) is 4.33. The first-order valence-electron chi connectivity index (χ1n) is 5.11. The quantitative estimate of drug-likeness (QED) is 0.869. The van der Waals surface area contributed by atoms with Gasteiger partial charge in [0.25, 0.3) is 0 Å². The van der Waals surface area contributed by atoms with Crippen molar-refractivity contribution in [2.75, 3.05) is 12.3 Å². The molecule has 2 rings (SSSR count). The number of nitrogens with two attached hydrogens (primary N) is 1. The third kappa shape index (κ3) is 2.48. The number of nitrogens with zero attached hydrogens (tertiary/aromatic N) is 1. The number of aromatic nitrogens is 1. The van der Waals surface area contributed by atoms with Crippen LogP contribution in [0.3, 0.4) is 0 Å². The Morgan fingerprint density at radius 1 is 1.47 bits per heavy atom. The number of rotatable bonds is 3. The van der Waals surface area contributed by atoms with Gasteiger partial charge in [-0.2, -0.15) is 0 Å². The molecule has 0 spiro atoms. The minimum absolute atomic E-state index is 0.352. The molecule has 17 heavy (non-hydrogen) atoms. The number of nitrogen functional groups attached to an aromatic ring is 1. The van der Waals surface area contributed by atoms with Crippen LogP contribution in [0.1, 0.15) is 21.6 Å². The number of anilines is 1. The van der Waals surface area contributed by atoms with Gasteiger partial charge in [0.05, 0.1) is 22.2 Å². The molecule has 0 fully saturated rings. The van der Waals surface area contributed by atoms with Gasteiger partial charge in [-0.05, 0) is 19.9 Å². The molecule has 0 saturated carbocycles. The van der Waals surface area contributed by atoms with Gasteiger partial charge in [-0.25, -0.2) is 9.78 Å². The molecule has 2 aromatic rings. The average Bonchev–Trinajstić information content (AvgIpc) is 2.85. The monoisotopic (exact) mass is 268 g/mol. The van der Waals surface area contributed by atoms with Crippen LogP contribution in [0.5, 0.6) is 0 Å². The van der Waals surface area contributed by atoms with Crippen molar-refractivity contribution in [2.45, 2.75) is 13.8 Å². The van der Waals surface area contributed by atoms with Crippen molar-refractivity contribution in [1.29, 1.82) is 0 Å². The van der Waals surface area contributed by atoms with Crippen molar-refractivity contribution < 1.29 is 9.53 Å². The van der Waals surface area contributed by atoms with Crippen LogP contribution in [0.15, 0.2) is 12.3 Å². The lowest BCUT2D eigenvalue weighted by molar-refractivity contribution is 0.0533. The van der Waals surface area contributed by atoms with Crippen LogP contribution in [0, 0.1) is 6.92 Å². The van der Waals surface area contributed by atoms with E-state index in [0.717, 1.165) is 14.8 Å². The first-order valence-corrected chi connectivity index (χ1v) is 6.74. The van der Waals surface area contributed by atoms with E-state index in [9.17, 15) is 4.79 Å². The molecule has 2 heterocycles. The van der Waals surface area contributed by atoms with Crippen molar-refractivity contribution in [3.05, 3.63) is 22.1 Å². The number of thiophene rings is 1. The van der Waals surface area contributed by atoms with Crippen molar-refractivity contribution in [1.82, 2.24) is 4.98 Å². The molecule has 0 amide bonds. The van der Waals surface area contributed by atoms with Crippen LogP contribution in [-0.2, 0) is 4.74 Å². The SMILES string of the molecule is CCOC(=O)c1sc(-c2cnc(C)s2)cc1N. The lowest BCUT2D eigenvalue weighted by atomic mass is 10.3. The summed E-state index contributed by atoms with van der Waals surface area (Å²) in [6, 6.07) is 1.80. The average molecular weight is 268 g/mol. The zero-order valence-electron chi connectivity index (χ0n) is 9.52. The van der Waals surface area contributed by atoms with E-state index in [1.165, 1.54) is 11.3 Å². The van der Waals surface area contributed by atoms with Gasteiger partial charge in [0.2, 0.25) is 0 Å². The van der Waals surface area contributed by atoms with E-state index in [4.69, 9.17) is 10.5 Å². The Hall–Kier alpha value is -1.40. The summed E-state index contributed by atoms with van der Waals surface area (Å²) in [7, 11) is 0. The summed E-state index contributed by atoms with van der Waals surface area (Å²) in [6.45, 7) is 4.07. The van der Waals surface area contributed by atoms with Crippen molar-refractivity contribution in [3.8, 4) is 9.75 Å². The van der Waals surface area contributed by atoms with Crippen LogP contribution in [-0.4, -0.2) is 17.6 Å². The number of carbonyl (C=O) groups is 1.